The van der Waals surface area contributed by atoms with Crippen molar-refractivity contribution in [2.24, 2.45) is 0 Å². The van der Waals surface area contributed by atoms with Gasteiger partial charge in [0.05, 0.1) is 12.2 Å². The summed E-state index contributed by atoms with van der Waals surface area (Å²) in [6, 6.07) is 13.3. The molecule has 0 aliphatic carbocycles. The standard InChI is InChI=1S/C15H14ClNO2/c16-14-9-8-13(11-17-14)15(18)19-10-4-7-12-5-2-1-3-6-12/h1-3,5-6,8-9,11H,4,7,10H2. The molecule has 1 aromatic carbocycles. The van der Waals surface area contributed by atoms with E-state index in [4.69, 9.17) is 16.3 Å². The molecule has 4 heteroatoms. The van der Waals surface area contributed by atoms with Crippen molar-refractivity contribution in [3.63, 3.8) is 0 Å². The van der Waals surface area contributed by atoms with E-state index in [0.717, 1.165) is 12.8 Å². The minimum Gasteiger partial charge on any atom is -0.462 e. The van der Waals surface area contributed by atoms with Gasteiger partial charge in [-0.15, -0.1) is 0 Å². The molecule has 2 aromatic rings. The summed E-state index contributed by atoms with van der Waals surface area (Å²) in [6.07, 6.45) is 3.12. The van der Waals surface area contributed by atoms with Gasteiger partial charge in [0.15, 0.2) is 0 Å². The van der Waals surface area contributed by atoms with Gasteiger partial charge in [-0.1, -0.05) is 41.9 Å². The topological polar surface area (TPSA) is 39.2 Å². The Bertz CT molecular complexity index is 526. The van der Waals surface area contributed by atoms with Crippen molar-refractivity contribution in [1.29, 1.82) is 0 Å². The summed E-state index contributed by atoms with van der Waals surface area (Å²) in [4.78, 5) is 15.5. The average Bonchev–Trinajstić information content (AvgIpc) is 2.45. The van der Waals surface area contributed by atoms with Crippen LogP contribution in [0.25, 0.3) is 0 Å². The zero-order valence-corrected chi connectivity index (χ0v) is 11.1. The minimum absolute atomic E-state index is 0.362. The fourth-order valence-electron chi connectivity index (χ4n) is 1.67. The van der Waals surface area contributed by atoms with Crippen LogP contribution < -0.4 is 0 Å². The minimum atomic E-state index is -0.364. The van der Waals surface area contributed by atoms with Gasteiger partial charge >= 0.3 is 5.97 Å². The van der Waals surface area contributed by atoms with Gasteiger partial charge in [0.2, 0.25) is 0 Å². The lowest BCUT2D eigenvalue weighted by molar-refractivity contribution is 0.0500. The van der Waals surface area contributed by atoms with E-state index in [2.05, 4.69) is 17.1 Å². The molecule has 19 heavy (non-hydrogen) atoms. The number of nitrogens with zero attached hydrogens (tertiary/aromatic N) is 1. The Hall–Kier alpha value is -1.87. The van der Waals surface area contributed by atoms with Crippen LogP contribution in [0.2, 0.25) is 5.15 Å². The van der Waals surface area contributed by atoms with Gasteiger partial charge in [-0.3, -0.25) is 0 Å². The number of aryl methyl sites for hydroxylation is 1. The van der Waals surface area contributed by atoms with E-state index in [1.54, 1.807) is 12.1 Å². The Morgan fingerprint density at radius 2 is 1.95 bits per heavy atom. The Morgan fingerprint density at radius 1 is 1.16 bits per heavy atom. The first-order valence-electron chi connectivity index (χ1n) is 6.08. The van der Waals surface area contributed by atoms with Gasteiger partial charge in [-0.05, 0) is 30.5 Å². The molecule has 98 valence electrons. The predicted molar refractivity (Wildman–Crippen MR) is 74.3 cm³/mol. The number of hydrogen-bond donors (Lipinski definition) is 0. The number of ether oxygens (including phenoxy) is 1. The highest BCUT2D eigenvalue weighted by molar-refractivity contribution is 6.29. The van der Waals surface area contributed by atoms with Crippen LogP contribution in [-0.2, 0) is 11.2 Å². The number of hydrogen-bond acceptors (Lipinski definition) is 3. The van der Waals surface area contributed by atoms with E-state index in [9.17, 15) is 4.79 Å². The lowest BCUT2D eigenvalue weighted by Crippen LogP contribution is -2.07. The van der Waals surface area contributed by atoms with Gasteiger partial charge in [-0.2, -0.15) is 0 Å². The summed E-state index contributed by atoms with van der Waals surface area (Å²) >= 11 is 5.65. The zero-order valence-electron chi connectivity index (χ0n) is 10.4. The molecule has 0 atom stereocenters. The van der Waals surface area contributed by atoms with E-state index in [0.29, 0.717) is 17.3 Å². The second kappa shape index (κ2) is 6.90. The molecule has 0 fully saturated rings. The number of esters is 1. The van der Waals surface area contributed by atoms with Crippen molar-refractivity contribution in [1.82, 2.24) is 4.98 Å². The number of halogens is 1. The maximum Gasteiger partial charge on any atom is 0.339 e. The summed E-state index contributed by atoms with van der Waals surface area (Å²) in [5, 5.41) is 0.362. The molecule has 0 amide bonds. The third-order valence-corrected chi connectivity index (χ3v) is 2.87. The molecule has 1 aromatic heterocycles. The molecule has 0 saturated heterocycles. The molecular formula is C15H14ClNO2. The summed E-state index contributed by atoms with van der Waals surface area (Å²) in [7, 11) is 0. The summed E-state index contributed by atoms with van der Waals surface area (Å²) in [5.74, 6) is -0.364. The van der Waals surface area contributed by atoms with Crippen LogP contribution in [0.5, 0.6) is 0 Å². The molecule has 0 aliphatic heterocycles. The zero-order chi connectivity index (χ0) is 13.5. The van der Waals surface area contributed by atoms with Gasteiger partial charge in [0.1, 0.15) is 5.15 Å². The highest BCUT2D eigenvalue weighted by Crippen LogP contribution is 2.07. The fourth-order valence-corrected chi connectivity index (χ4v) is 1.78. The second-order valence-electron chi connectivity index (χ2n) is 4.09. The number of benzene rings is 1. The quantitative estimate of drug-likeness (QED) is 0.476. The highest BCUT2D eigenvalue weighted by atomic mass is 35.5. The van der Waals surface area contributed by atoms with E-state index in [-0.39, 0.29) is 5.97 Å². The first kappa shape index (κ1) is 13.6. The maximum absolute atomic E-state index is 11.7. The number of carbonyl (C=O) groups excluding carboxylic acids is 1. The molecule has 0 bridgehead atoms. The van der Waals surface area contributed by atoms with Crippen molar-refractivity contribution in [2.75, 3.05) is 6.61 Å². The molecule has 0 unspecified atom stereocenters. The molecule has 1 heterocycles. The summed E-state index contributed by atoms with van der Waals surface area (Å²) in [5.41, 5.74) is 1.66. The number of aromatic nitrogens is 1. The molecular weight excluding hydrogens is 262 g/mol. The van der Waals surface area contributed by atoms with E-state index >= 15 is 0 Å². The first-order chi connectivity index (χ1) is 9.25. The van der Waals surface area contributed by atoms with Crippen LogP contribution in [0.3, 0.4) is 0 Å². The number of pyridine rings is 1. The normalized spacial score (nSPS) is 10.2. The van der Waals surface area contributed by atoms with Gasteiger partial charge in [0.25, 0.3) is 0 Å². The van der Waals surface area contributed by atoms with Gasteiger partial charge in [0, 0.05) is 6.20 Å². The number of rotatable bonds is 5. The monoisotopic (exact) mass is 275 g/mol. The van der Waals surface area contributed by atoms with E-state index in [1.165, 1.54) is 11.8 Å². The van der Waals surface area contributed by atoms with Gasteiger partial charge < -0.3 is 4.74 Å². The molecule has 3 nitrogen and oxygen atoms in total. The second-order valence-corrected chi connectivity index (χ2v) is 4.48. The SMILES string of the molecule is O=C(OCCCc1ccccc1)c1ccc(Cl)nc1. The molecule has 0 N–H and O–H groups in total. The number of carbonyl (C=O) groups is 1. The summed E-state index contributed by atoms with van der Waals surface area (Å²) < 4.78 is 5.17. The van der Waals surface area contributed by atoms with Crippen LogP contribution in [0.1, 0.15) is 22.3 Å². The van der Waals surface area contributed by atoms with Crippen LogP contribution in [0.15, 0.2) is 48.7 Å². The molecule has 0 saturated carbocycles. The Kier molecular flexibility index (Phi) is 4.93. The van der Waals surface area contributed by atoms with Crippen LogP contribution in [-0.4, -0.2) is 17.6 Å². The Morgan fingerprint density at radius 3 is 2.63 bits per heavy atom. The molecule has 2 rings (SSSR count). The molecule has 0 aliphatic rings. The van der Waals surface area contributed by atoms with E-state index in [1.807, 2.05) is 18.2 Å². The summed E-state index contributed by atoms with van der Waals surface area (Å²) in [6.45, 7) is 0.399. The molecule has 0 radical (unpaired) electrons. The van der Waals surface area contributed by atoms with Crippen molar-refractivity contribution < 1.29 is 9.53 Å². The maximum atomic E-state index is 11.7. The third kappa shape index (κ3) is 4.38. The fraction of sp³-hybridized carbons (Fsp3) is 0.200. The lowest BCUT2D eigenvalue weighted by atomic mass is 10.1. The third-order valence-electron chi connectivity index (χ3n) is 2.65. The van der Waals surface area contributed by atoms with Crippen LogP contribution >= 0.6 is 11.6 Å². The first-order valence-corrected chi connectivity index (χ1v) is 6.46. The average molecular weight is 276 g/mol. The largest absolute Gasteiger partial charge is 0.462 e. The Balaban J connectivity index is 1.74. The van der Waals surface area contributed by atoms with Gasteiger partial charge in [-0.25, -0.2) is 9.78 Å². The van der Waals surface area contributed by atoms with Crippen LogP contribution in [0.4, 0.5) is 0 Å². The predicted octanol–water partition coefficient (Wildman–Crippen LogP) is 3.52. The van der Waals surface area contributed by atoms with Crippen molar-refractivity contribution in [3.8, 4) is 0 Å². The smallest absolute Gasteiger partial charge is 0.339 e. The molecule has 0 spiro atoms. The lowest BCUT2D eigenvalue weighted by Gasteiger charge is -2.04. The Labute approximate surface area is 117 Å². The van der Waals surface area contributed by atoms with Crippen molar-refractivity contribution in [2.45, 2.75) is 12.8 Å². The van der Waals surface area contributed by atoms with Crippen molar-refractivity contribution >= 4 is 17.6 Å². The van der Waals surface area contributed by atoms with Crippen LogP contribution in [0, 0.1) is 0 Å². The highest BCUT2D eigenvalue weighted by Gasteiger charge is 2.06. The van der Waals surface area contributed by atoms with E-state index < -0.39 is 0 Å². The van der Waals surface area contributed by atoms with Crippen molar-refractivity contribution in [3.05, 3.63) is 64.9 Å².